The van der Waals surface area contributed by atoms with Crippen molar-refractivity contribution in [2.45, 2.75) is 38.5 Å². The van der Waals surface area contributed by atoms with E-state index in [1.807, 2.05) is 0 Å². The zero-order valence-electron chi connectivity index (χ0n) is 12.0. The van der Waals surface area contributed by atoms with Crippen molar-refractivity contribution in [3.8, 4) is 5.75 Å². The number of hydrogen-bond acceptors (Lipinski definition) is 4. The molecule has 9 heteroatoms. The largest absolute Gasteiger partial charge is 0.453 e. The van der Waals surface area contributed by atoms with E-state index in [0.29, 0.717) is 0 Å². The monoisotopic (exact) mass is 372 g/mol. The van der Waals surface area contributed by atoms with Gasteiger partial charge in [-0.25, -0.2) is 0 Å². The van der Waals surface area contributed by atoms with Crippen LogP contribution in [0.25, 0.3) is 0 Å². The molecule has 1 rings (SSSR count). The fourth-order valence-electron chi connectivity index (χ4n) is 1.44. The van der Waals surface area contributed by atoms with Gasteiger partial charge in [0.25, 0.3) is 0 Å². The van der Waals surface area contributed by atoms with Gasteiger partial charge >= 0.3 is 18.1 Å². The Morgan fingerprint density at radius 1 is 1.13 bits per heavy atom. The molecular weight excluding hydrogens is 360 g/mol. The molecule has 1 atom stereocenters. The number of carbonyl (C=O) groups excluding carboxylic acids is 2. The highest BCUT2D eigenvalue weighted by atomic mass is 35.5. The van der Waals surface area contributed by atoms with Crippen LogP contribution >= 0.6 is 23.2 Å². The summed E-state index contributed by atoms with van der Waals surface area (Å²) in [6, 6.07) is 4.53. The molecule has 0 aliphatic rings. The zero-order valence-corrected chi connectivity index (χ0v) is 13.5. The minimum Gasteiger partial charge on any atom is -0.453 e. The molecule has 0 aromatic heterocycles. The van der Waals surface area contributed by atoms with Crippen LogP contribution in [-0.2, 0) is 14.3 Å². The van der Waals surface area contributed by atoms with E-state index in [2.05, 4.69) is 4.74 Å². The predicted molar refractivity (Wildman–Crippen MR) is 77.6 cm³/mol. The fourth-order valence-corrected chi connectivity index (χ4v) is 1.92. The SMILES string of the molecule is CC(OC(=O)CCCC(=O)Oc1c(Cl)cccc1Cl)C(F)(F)F. The zero-order chi connectivity index (χ0) is 17.6. The number of alkyl halides is 3. The molecule has 0 bridgehead atoms. The van der Waals surface area contributed by atoms with Crippen LogP contribution in [0.4, 0.5) is 13.2 Å². The van der Waals surface area contributed by atoms with Gasteiger partial charge in [-0.2, -0.15) is 13.2 Å². The summed E-state index contributed by atoms with van der Waals surface area (Å²) in [5.74, 6) is -1.76. The van der Waals surface area contributed by atoms with Gasteiger partial charge in [0.1, 0.15) is 0 Å². The maximum absolute atomic E-state index is 12.2. The van der Waals surface area contributed by atoms with Gasteiger partial charge in [-0.05, 0) is 25.5 Å². The Balaban J connectivity index is 2.39. The summed E-state index contributed by atoms with van der Waals surface area (Å²) in [6.07, 6.45) is -7.37. The molecule has 0 spiro atoms. The van der Waals surface area contributed by atoms with Gasteiger partial charge in [0, 0.05) is 12.8 Å². The molecule has 1 aromatic rings. The summed E-state index contributed by atoms with van der Waals surface area (Å²) >= 11 is 11.6. The second kappa shape index (κ2) is 8.40. The molecular formula is C14H13Cl2F3O4. The van der Waals surface area contributed by atoms with Crippen molar-refractivity contribution < 1.29 is 32.2 Å². The van der Waals surface area contributed by atoms with Crippen LogP contribution in [0.2, 0.25) is 10.0 Å². The summed E-state index contributed by atoms with van der Waals surface area (Å²) in [5, 5.41) is 0.286. The third-order valence-corrected chi connectivity index (χ3v) is 3.26. The lowest BCUT2D eigenvalue weighted by Gasteiger charge is -2.16. The van der Waals surface area contributed by atoms with Gasteiger partial charge in [0.15, 0.2) is 11.9 Å². The van der Waals surface area contributed by atoms with E-state index in [9.17, 15) is 22.8 Å². The Labute approximate surface area is 140 Å². The maximum Gasteiger partial charge on any atom is 0.425 e. The van der Waals surface area contributed by atoms with Crippen molar-refractivity contribution in [1.29, 1.82) is 0 Å². The van der Waals surface area contributed by atoms with Gasteiger partial charge in [-0.15, -0.1) is 0 Å². The van der Waals surface area contributed by atoms with Crippen molar-refractivity contribution in [2.75, 3.05) is 0 Å². The van der Waals surface area contributed by atoms with E-state index >= 15 is 0 Å². The van der Waals surface area contributed by atoms with E-state index in [4.69, 9.17) is 27.9 Å². The average molecular weight is 373 g/mol. The third kappa shape index (κ3) is 6.66. The minimum atomic E-state index is -4.62. The van der Waals surface area contributed by atoms with Crippen molar-refractivity contribution in [2.24, 2.45) is 0 Å². The molecule has 0 N–H and O–H groups in total. The Kier molecular flexibility index (Phi) is 7.15. The first-order chi connectivity index (χ1) is 10.6. The Hall–Kier alpha value is -1.47. The first kappa shape index (κ1) is 19.6. The van der Waals surface area contributed by atoms with Crippen LogP contribution < -0.4 is 4.74 Å². The molecule has 0 radical (unpaired) electrons. The Morgan fingerprint density at radius 2 is 1.65 bits per heavy atom. The van der Waals surface area contributed by atoms with E-state index < -0.39 is 24.2 Å². The molecule has 0 saturated heterocycles. The fraction of sp³-hybridized carbons (Fsp3) is 0.429. The van der Waals surface area contributed by atoms with Gasteiger partial charge in [-0.1, -0.05) is 29.3 Å². The summed E-state index contributed by atoms with van der Waals surface area (Å²) in [6.45, 7) is 0.728. The molecule has 128 valence electrons. The highest BCUT2D eigenvalue weighted by molar-refractivity contribution is 6.37. The van der Waals surface area contributed by atoms with E-state index in [0.717, 1.165) is 6.92 Å². The Morgan fingerprint density at radius 3 is 2.17 bits per heavy atom. The van der Waals surface area contributed by atoms with Crippen molar-refractivity contribution in [1.82, 2.24) is 0 Å². The minimum absolute atomic E-state index is 0.00546. The van der Waals surface area contributed by atoms with Gasteiger partial charge in [0.2, 0.25) is 0 Å². The number of rotatable bonds is 6. The van der Waals surface area contributed by atoms with Crippen molar-refractivity contribution >= 4 is 35.1 Å². The lowest BCUT2D eigenvalue weighted by molar-refractivity contribution is -0.216. The molecule has 1 aromatic carbocycles. The quantitative estimate of drug-likeness (QED) is 0.542. The van der Waals surface area contributed by atoms with Crippen LogP contribution in [0.3, 0.4) is 0 Å². The number of halogens is 5. The first-order valence-electron chi connectivity index (χ1n) is 6.52. The molecule has 0 aliphatic heterocycles. The van der Waals surface area contributed by atoms with Crippen LogP contribution in [-0.4, -0.2) is 24.2 Å². The molecule has 0 amide bonds. The Bertz CT molecular complexity index is 555. The first-order valence-corrected chi connectivity index (χ1v) is 7.27. The number of esters is 2. The molecule has 0 saturated carbocycles. The second-order valence-electron chi connectivity index (χ2n) is 4.55. The van der Waals surface area contributed by atoms with Gasteiger partial charge in [-0.3, -0.25) is 9.59 Å². The molecule has 4 nitrogen and oxygen atoms in total. The predicted octanol–water partition coefficient (Wildman–Crippen LogP) is 4.56. The number of benzene rings is 1. The number of hydrogen-bond donors (Lipinski definition) is 0. The summed E-state index contributed by atoms with van der Waals surface area (Å²) < 4.78 is 45.8. The lowest BCUT2D eigenvalue weighted by Crippen LogP contribution is -2.30. The van der Waals surface area contributed by atoms with E-state index in [-0.39, 0.29) is 35.1 Å². The molecule has 1 unspecified atom stereocenters. The standard InChI is InChI=1S/C14H13Cl2F3O4/c1-8(14(17,18)19)22-11(20)6-3-7-12(21)23-13-9(15)4-2-5-10(13)16/h2,4-5,8H,3,6-7H2,1H3. The van der Waals surface area contributed by atoms with Crippen LogP contribution in [0, 0.1) is 0 Å². The molecule has 0 fully saturated rings. The smallest absolute Gasteiger partial charge is 0.425 e. The van der Waals surface area contributed by atoms with E-state index in [1.54, 1.807) is 6.07 Å². The van der Waals surface area contributed by atoms with Crippen LogP contribution in [0.15, 0.2) is 18.2 Å². The summed E-state index contributed by atoms with van der Waals surface area (Å²) in [4.78, 5) is 22.8. The second-order valence-corrected chi connectivity index (χ2v) is 5.37. The highest BCUT2D eigenvalue weighted by Gasteiger charge is 2.38. The third-order valence-electron chi connectivity index (χ3n) is 2.67. The number of carbonyl (C=O) groups is 2. The van der Waals surface area contributed by atoms with E-state index in [1.165, 1.54) is 12.1 Å². The van der Waals surface area contributed by atoms with Gasteiger partial charge < -0.3 is 9.47 Å². The van der Waals surface area contributed by atoms with Crippen molar-refractivity contribution in [3.63, 3.8) is 0 Å². The van der Waals surface area contributed by atoms with Crippen molar-refractivity contribution in [3.05, 3.63) is 28.2 Å². The molecule has 0 heterocycles. The van der Waals surface area contributed by atoms with Crippen LogP contribution in [0.1, 0.15) is 26.2 Å². The topological polar surface area (TPSA) is 52.6 Å². The molecule has 23 heavy (non-hydrogen) atoms. The van der Waals surface area contributed by atoms with Gasteiger partial charge in [0.05, 0.1) is 10.0 Å². The highest BCUT2D eigenvalue weighted by Crippen LogP contribution is 2.32. The van der Waals surface area contributed by atoms with Crippen LogP contribution in [0.5, 0.6) is 5.75 Å². The lowest BCUT2D eigenvalue weighted by atomic mass is 10.2. The normalized spacial score (nSPS) is 12.6. The summed E-state index contributed by atoms with van der Waals surface area (Å²) in [7, 11) is 0. The number of para-hydroxylation sites is 1. The average Bonchev–Trinajstić information content (AvgIpc) is 2.42. The molecule has 0 aliphatic carbocycles. The number of ether oxygens (including phenoxy) is 2. The summed E-state index contributed by atoms with van der Waals surface area (Å²) in [5.41, 5.74) is 0. The maximum atomic E-state index is 12.2.